The first-order chi connectivity index (χ1) is 12.2. The summed E-state index contributed by atoms with van der Waals surface area (Å²) in [6.07, 6.45) is 0. The summed E-state index contributed by atoms with van der Waals surface area (Å²) in [6, 6.07) is 9.13. The van der Waals surface area contributed by atoms with E-state index >= 15 is 0 Å². The van der Waals surface area contributed by atoms with Crippen LogP contribution in [0.5, 0.6) is 11.5 Å². The summed E-state index contributed by atoms with van der Waals surface area (Å²) < 4.78 is 10.4. The molecule has 0 spiro atoms. The van der Waals surface area contributed by atoms with Crippen molar-refractivity contribution in [2.45, 2.75) is 5.16 Å². The number of nitrogens with zero attached hydrogens (tertiary/aromatic N) is 2. The molecule has 0 unspecified atom stereocenters. The van der Waals surface area contributed by atoms with E-state index in [2.05, 4.69) is 20.5 Å². The lowest BCUT2D eigenvalue weighted by Crippen LogP contribution is -2.15. The highest BCUT2D eigenvalue weighted by molar-refractivity contribution is 7.99. The molecule has 130 valence electrons. The first-order valence-corrected chi connectivity index (χ1v) is 9.17. The normalized spacial score (nSPS) is 10.5. The standard InChI is InChI=1S/C16H16N4O3S2/c1-22-10-5-6-12(23-2)11(8-10)17-14(21)9-25-16-18-15(19-20-16)13-4-3-7-24-13/h3-8H,9H2,1-2H3,(H,17,21)(H,18,19,20). The number of methoxy groups -OCH3 is 2. The number of carbonyl (C=O) groups is 1. The van der Waals surface area contributed by atoms with Gasteiger partial charge < -0.3 is 14.8 Å². The molecule has 0 bridgehead atoms. The van der Waals surface area contributed by atoms with Crippen molar-refractivity contribution in [3.05, 3.63) is 35.7 Å². The van der Waals surface area contributed by atoms with Gasteiger partial charge in [0, 0.05) is 6.07 Å². The molecule has 0 saturated heterocycles. The van der Waals surface area contributed by atoms with Crippen molar-refractivity contribution in [3.8, 4) is 22.2 Å². The van der Waals surface area contributed by atoms with Gasteiger partial charge in [-0.3, -0.25) is 9.89 Å². The summed E-state index contributed by atoms with van der Waals surface area (Å²) >= 11 is 2.83. The quantitative estimate of drug-likeness (QED) is 0.615. The number of hydrogen-bond acceptors (Lipinski definition) is 7. The number of carbonyl (C=O) groups excluding carboxylic acids is 1. The second-order valence-corrected chi connectivity index (χ2v) is 6.74. The van der Waals surface area contributed by atoms with Crippen molar-refractivity contribution in [1.29, 1.82) is 0 Å². The third kappa shape index (κ3) is 4.31. The Morgan fingerprint density at radius 3 is 2.92 bits per heavy atom. The van der Waals surface area contributed by atoms with Gasteiger partial charge >= 0.3 is 0 Å². The number of benzene rings is 1. The third-order valence-corrected chi connectivity index (χ3v) is 4.96. The van der Waals surface area contributed by atoms with E-state index in [1.807, 2.05) is 17.5 Å². The molecule has 1 amide bonds. The van der Waals surface area contributed by atoms with Crippen LogP contribution >= 0.6 is 23.1 Å². The Morgan fingerprint density at radius 2 is 2.20 bits per heavy atom. The molecule has 7 nitrogen and oxygen atoms in total. The summed E-state index contributed by atoms with van der Waals surface area (Å²) in [4.78, 5) is 17.6. The summed E-state index contributed by atoms with van der Waals surface area (Å²) in [5.74, 6) is 1.91. The van der Waals surface area contributed by atoms with Crippen LogP contribution in [0, 0.1) is 0 Å². The molecule has 0 saturated carbocycles. The molecule has 2 heterocycles. The Hall–Kier alpha value is -2.52. The number of anilines is 1. The number of aromatic amines is 1. The van der Waals surface area contributed by atoms with Crippen LogP contribution in [-0.4, -0.2) is 41.1 Å². The molecule has 2 aromatic heterocycles. The molecule has 0 atom stereocenters. The van der Waals surface area contributed by atoms with Crippen LogP contribution < -0.4 is 14.8 Å². The van der Waals surface area contributed by atoms with Crippen molar-refractivity contribution >= 4 is 34.7 Å². The average molecular weight is 376 g/mol. The molecule has 0 fully saturated rings. The minimum Gasteiger partial charge on any atom is -0.497 e. The lowest BCUT2D eigenvalue weighted by atomic mass is 10.2. The van der Waals surface area contributed by atoms with Crippen molar-refractivity contribution in [1.82, 2.24) is 15.2 Å². The van der Waals surface area contributed by atoms with Crippen molar-refractivity contribution < 1.29 is 14.3 Å². The van der Waals surface area contributed by atoms with Gasteiger partial charge in [-0.2, -0.15) is 0 Å². The molecular weight excluding hydrogens is 360 g/mol. The number of hydrogen-bond donors (Lipinski definition) is 2. The fourth-order valence-electron chi connectivity index (χ4n) is 2.06. The molecular formula is C16H16N4O3S2. The molecule has 2 N–H and O–H groups in total. The monoisotopic (exact) mass is 376 g/mol. The van der Waals surface area contributed by atoms with Crippen LogP contribution in [0.2, 0.25) is 0 Å². The van der Waals surface area contributed by atoms with Gasteiger partial charge in [-0.15, -0.1) is 16.4 Å². The van der Waals surface area contributed by atoms with Crippen LogP contribution in [0.25, 0.3) is 10.7 Å². The Morgan fingerprint density at radius 1 is 1.32 bits per heavy atom. The van der Waals surface area contributed by atoms with Crippen LogP contribution in [0.4, 0.5) is 5.69 Å². The number of aromatic nitrogens is 3. The van der Waals surface area contributed by atoms with Crippen molar-refractivity contribution in [2.24, 2.45) is 0 Å². The van der Waals surface area contributed by atoms with Crippen LogP contribution in [0.1, 0.15) is 0 Å². The second kappa shape index (κ2) is 8.04. The molecule has 0 aliphatic heterocycles. The fraction of sp³-hybridized carbons (Fsp3) is 0.188. The molecule has 0 aliphatic carbocycles. The maximum Gasteiger partial charge on any atom is 0.234 e. The number of ether oxygens (including phenoxy) is 2. The summed E-state index contributed by atoms with van der Waals surface area (Å²) in [6.45, 7) is 0. The molecule has 1 aromatic carbocycles. The minimum atomic E-state index is -0.181. The number of nitrogens with one attached hydrogen (secondary N) is 2. The molecule has 3 aromatic rings. The Labute approximate surface area is 152 Å². The molecule has 0 radical (unpaired) electrons. The number of rotatable bonds is 7. The van der Waals surface area contributed by atoms with Gasteiger partial charge in [-0.25, -0.2) is 4.98 Å². The Kier molecular flexibility index (Phi) is 5.56. The zero-order valence-electron chi connectivity index (χ0n) is 13.6. The van der Waals surface area contributed by atoms with Crippen LogP contribution in [0.15, 0.2) is 40.9 Å². The molecule has 0 aliphatic rings. The largest absolute Gasteiger partial charge is 0.497 e. The number of amides is 1. The number of thiophene rings is 1. The molecule has 3 rings (SSSR count). The van der Waals surface area contributed by atoms with Gasteiger partial charge in [0.25, 0.3) is 0 Å². The predicted molar refractivity (Wildman–Crippen MR) is 98.6 cm³/mol. The zero-order chi connectivity index (χ0) is 17.6. The van der Waals surface area contributed by atoms with E-state index in [1.54, 1.807) is 43.8 Å². The average Bonchev–Trinajstić information content (AvgIpc) is 3.31. The third-order valence-electron chi connectivity index (χ3n) is 3.23. The van der Waals surface area contributed by atoms with E-state index in [-0.39, 0.29) is 11.7 Å². The highest BCUT2D eigenvalue weighted by Gasteiger charge is 2.12. The lowest BCUT2D eigenvalue weighted by molar-refractivity contribution is -0.113. The maximum absolute atomic E-state index is 12.2. The highest BCUT2D eigenvalue weighted by atomic mass is 32.2. The van der Waals surface area contributed by atoms with E-state index < -0.39 is 0 Å². The maximum atomic E-state index is 12.2. The topological polar surface area (TPSA) is 89.1 Å². The van der Waals surface area contributed by atoms with Gasteiger partial charge in [-0.1, -0.05) is 17.8 Å². The Bertz CT molecular complexity index is 849. The van der Waals surface area contributed by atoms with E-state index in [9.17, 15) is 4.79 Å². The first-order valence-electron chi connectivity index (χ1n) is 7.30. The Balaban J connectivity index is 1.60. The van der Waals surface area contributed by atoms with E-state index in [4.69, 9.17) is 9.47 Å². The van der Waals surface area contributed by atoms with Crippen LogP contribution in [0.3, 0.4) is 0 Å². The summed E-state index contributed by atoms with van der Waals surface area (Å²) in [7, 11) is 3.11. The second-order valence-electron chi connectivity index (χ2n) is 4.85. The summed E-state index contributed by atoms with van der Waals surface area (Å²) in [5.41, 5.74) is 0.557. The molecule has 9 heteroatoms. The lowest BCUT2D eigenvalue weighted by Gasteiger charge is -2.11. The number of thioether (sulfide) groups is 1. The van der Waals surface area contributed by atoms with Gasteiger partial charge in [0.1, 0.15) is 11.5 Å². The van der Waals surface area contributed by atoms with E-state index in [1.165, 1.54) is 11.8 Å². The minimum absolute atomic E-state index is 0.181. The zero-order valence-corrected chi connectivity index (χ0v) is 15.2. The van der Waals surface area contributed by atoms with E-state index in [0.717, 1.165) is 4.88 Å². The van der Waals surface area contributed by atoms with Gasteiger partial charge in [0.15, 0.2) is 5.82 Å². The SMILES string of the molecule is COc1ccc(OC)c(NC(=O)CSc2n[nH]c(-c3cccs3)n2)c1. The predicted octanol–water partition coefficient (Wildman–Crippen LogP) is 3.28. The van der Waals surface area contributed by atoms with Gasteiger partial charge in [0.05, 0.1) is 30.5 Å². The van der Waals surface area contributed by atoms with Crippen molar-refractivity contribution in [2.75, 3.05) is 25.3 Å². The number of H-pyrrole nitrogens is 1. The summed E-state index contributed by atoms with van der Waals surface area (Å²) in [5, 5.41) is 12.3. The molecule has 25 heavy (non-hydrogen) atoms. The van der Waals surface area contributed by atoms with Gasteiger partial charge in [0.2, 0.25) is 11.1 Å². The van der Waals surface area contributed by atoms with E-state index in [0.29, 0.717) is 28.2 Å². The van der Waals surface area contributed by atoms with Crippen molar-refractivity contribution in [3.63, 3.8) is 0 Å². The van der Waals surface area contributed by atoms with Crippen LogP contribution in [-0.2, 0) is 4.79 Å². The first kappa shape index (κ1) is 17.3. The highest BCUT2D eigenvalue weighted by Crippen LogP contribution is 2.29. The fourth-order valence-corrected chi connectivity index (χ4v) is 3.32. The van der Waals surface area contributed by atoms with Gasteiger partial charge in [-0.05, 0) is 23.6 Å². The smallest absolute Gasteiger partial charge is 0.234 e.